The van der Waals surface area contributed by atoms with E-state index in [4.69, 9.17) is 4.74 Å². The van der Waals surface area contributed by atoms with Gasteiger partial charge in [-0.05, 0) is 55.9 Å². The maximum absolute atomic E-state index is 5.67. The van der Waals surface area contributed by atoms with Crippen LogP contribution in [-0.2, 0) is 0 Å². The van der Waals surface area contributed by atoms with Crippen molar-refractivity contribution < 1.29 is 4.74 Å². The molecule has 0 radical (unpaired) electrons. The third-order valence-electron chi connectivity index (χ3n) is 2.66. The van der Waals surface area contributed by atoms with E-state index in [1.54, 1.807) is 0 Å². The van der Waals surface area contributed by atoms with Crippen LogP contribution in [0.15, 0.2) is 18.2 Å². The Morgan fingerprint density at radius 3 is 2.62 bits per heavy atom. The van der Waals surface area contributed by atoms with E-state index in [-0.39, 0.29) is 0 Å². The normalized spacial score (nSPS) is 15.8. The van der Waals surface area contributed by atoms with Crippen LogP contribution in [0.2, 0.25) is 0 Å². The van der Waals surface area contributed by atoms with Crippen LogP contribution in [0, 0.1) is 19.8 Å². The first kappa shape index (κ1) is 8.61. The number of aryl methyl sites for hydroxylation is 2. The molecule has 0 aromatic heterocycles. The minimum Gasteiger partial charge on any atom is -0.493 e. The van der Waals surface area contributed by atoms with Crippen molar-refractivity contribution in [1.29, 1.82) is 0 Å². The molecule has 0 bridgehead atoms. The fourth-order valence-corrected chi connectivity index (χ4v) is 1.30. The van der Waals surface area contributed by atoms with Gasteiger partial charge in [0.15, 0.2) is 0 Å². The number of ether oxygens (including phenoxy) is 1. The Hall–Kier alpha value is -0.980. The Morgan fingerprint density at radius 2 is 2.00 bits per heavy atom. The molecule has 0 saturated heterocycles. The van der Waals surface area contributed by atoms with Crippen LogP contribution in [0.4, 0.5) is 0 Å². The van der Waals surface area contributed by atoms with Gasteiger partial charge >= 0.3 is 0 Å². The second kappa shape index (κ2) is 3.41. The molecule has 0 spiro atoms. The van der Waals surface area contributed by atoms with Gasteiger partial charge in [-0.1, -0.05) is 6.07 Å². The van der Waals surface area contributed by atoms with Gasteiger partial charge in [-0.15, -0.1) is 0 Å². The highest BCUT2D eigenvalue weighted by molar-refractivity contribution is 5.33. The highest BCUT2D eigenvalue weighted by Crippen LogP contribution is 2.29. The van der Waals surface area contributed by atoms with E-state index in [0.29, 0.717) is 0 Å². The maximum atomic E-state index is 5.67. The molecule has 0 aliphatic heterocycles. The van der Waals surface area contributed by atoms with E-state index in [9.17, 15) is 0 Å². The molecule has 1 aromatic rings. The van der Waals surface area contributed by atoms with E-state index >= 15 is 0 Å². The Kier molecular flexibility index (Phi) is 2.26. The molecular formula is C12H16O. The van der Waals surface area contributed by atoms with E-state index < -0.39 is 0 Å². The molecule has 1 heteroatoms. The summed E-state index contributed by atoms with van der Waals surface area (Å²) in [4.78, 5) is 0. The monoisotopic (exact) mass is 176 g/mol. The highest BCUT2D eigenvalue weighted by Gasteiger charge is 2.21. The summed E-state index contributed by atoms with van der Waals surface area (Å²) in [6.45, 7) is 5.15. The first-order valence-corrected chi connectivity index (χ1v) is 4.96. The number of hydrogen-bond donors (Lipinski definition) is 0. The first-order valence-electron chi connectivity index (χ1n) is 4.96. The molecule has 0 heterocycles. The zero-order valence-corrected chi connectivity index (χ0v) is 8.34. The third-order valence-corrected chi connectivity index (χ3v) is 2.66. The highest BCUT2D eigenvalue weighted by atomic mass is 16.5. The van der Waals surface area contributed by atoms with Crippen molar-refractivity contribution in [3.05, 3.63) is 29.3 Å². The lowest BCUT2D eigenvalue weighted by Crippen LogP contribution is -1.99. The van der Waals surface area contributed by atoms with Crippen LogP contribution in [0.25, 0.3) is 0 Å². The zero-order valence-electron chi connectivity index (χ0n) is 8.34. The average molecular weight is 176 g/mol. The molecule has 0 N–H and O–H groups in total. The molecule has 1 aliphatic rings. The van der Waals surface area contributed by atoms with Crippen molar-refractivity contribution in [1.82, 2.24) is 0 Å². The molecule has 2 rings (SSSR count). The zero-order chi connectivity index (χ0) is 9.26. The van der Waals surface area contributed by atoms with Crippen LogP contribution < -0.4 is 4.74 Å². The number of hydrogen-bond acceptors (Lipinski definition) is 1. The van der Waals surface area contributed by atoms with Crippen molar-refractivity contribution >= 4 is 0 Å². The van der Waals surface area contributed by atoms with Crippen LogP contribution >= 0.6 is 0 Å². The Balaban J connectivity index is 1.98. The summed E-state index contributed by atoms with van der Waals surface area (Å²) in [6, 6.07) is 6.31. The number of benzene rings is 1. The summed E-state index contributed by atoms with van der Waals surface area (Å²) in [5, 5.41) is 0. The SMILES string of the molecule is Cc1ccc(OCC2CC2)cc1C. The van der Waals surface area contributed by atoms with E-state index in [1.165, 1.54) is 24.0 Å². The molecule has 1 saturated carbocycles. The lowest BCUT2D eigenvalue weighted by Gasteiger charge is -2.07. The van der Waals surface area contributed by atoms with Gasteiger partial charge in [0.05, 0.1) is 6.61 Å². The Morgan fingerprint density at radius 1 is 1.23 bits per heavy atom. The summed E-state index contributed by atoms with van der Waals surface area (Å²) in [6.07, 6.45) is 2.70. The van der Waals surface area contributed by atoms with Crippen molar-refractivity contribution in [2.45, 2.75) is 26.7 Å². The largest absolute Gasteiger partial charge is 0.493 e. The second-order valence-corrected chi connectivity index (χ2v) is 4.00. The summed E-state index contributed by atoms with van der Waals surface area (Å²) in [5.74, 6) is 1.86. The molecule has 0 amide bonds. The Bertz CT molecular complexity index is 300. The quantitative estimate of drug-likeness (QED) is 0.687. The molecule has 13 heavy (non-hydrogen) atoms. The Labute approximate surface area is 79.7 Å². The van der Waals surface area contributed by atoms with Gasteiger partial charge in [0.25, 0.3) is 0 Å². The minimum atomic E-state index is 0.835. The molecule has 0 atom stereocenters. The molecule has 1 aromatic carbocycles. The van der Waals surface area contributed by atoms with Crippen LogP contribution in [-0.4, -0.2) is 6.61 Å². The van der Waals surface area contributed by atoms with Crippen molar-refractivity contribution in [2.75, 3.05) is 6.61 Å². The van der Waals surface area contributed by atoms with Gasteiger partial charge in [-0.25, -0.2) is 0 Å². The van der Waals surface area contributed by atoms with Crippen molar-refractivity contribution in [3.63, 3.8) is 0 Å². The summed E-state index contributed by atoms with van der Waals surface area (Å²) in [5.41, 5.74) is 2.65. The molecule has 1 nitrogen and oxygen atoms in total. The van der Waals surface area contributed by atoms with Crippen LogP contribution in [0.3, 0.4) is 0 Å². The topological polar surface area (TPSA) is 9.23 Å². The predicted octanol–water partition coefficient (Wildman–Crippen LogP) is 3.09. The predicted molar refractivity (Wildman–Crippen MR) is 54.1 cm³/mol. The van der Waals surface area contributed by atoms with Crippen LogP contribution in [0.1, 0.15) is 24.0 Å². The summed E-state index contributed by atoms with van der Waals surface area (Å²) >= 11 is 0. The molecular weight excluding hydrogens is 160 g/mol. The average Bonchev–Trinajstić information content (AvgIpc) is 2.91. The van der Waals surface area contributed by atoms with E-state index in [1.807, 2.05) is 0 Å². The maximum Gasteiger partial charge on any atom is 0.119 e. The fourth-order valence-electron chi connectivity index (χ4n) is 1.30. The van der Waals surface area contributed by atoms with Gasteiger partial charge in [-0.3, -0.25) is 0 Å². The van der Waals surface area contributed by atoms with Gasteiger partial charge in [0.2, 0.25) is 0 Å². The molecule has 1 fully saturated rings. The summed E-state index contributed by atoms with van der Waals surface area (Å²) in [7, 11) is 0. The second-order valence-electron chi connectivity index (χ2n) is 4.00. The van der Waals surface area contributed by atoms with Gasteiger partial charge < -0.3 is 4.74 Å². The van der Waals surface area contributed by atoms with Gasteiger partial charge in [-0.2, -0.15) is 0 Å². The van der Waals surface area contributed by atoms with E-state index in [2.05, 4.69) is 32.0 Å². The molecule has 1 aliphatic carbocycles. The number of rotatable bonds is 3. The van der Waals surface area contributed by atoms with Crippen LogP contribution in [0.5, 0.6) is 5.75 Å². The lowest BCUT2D eigenvalue weighted by atomic mass is 10.1. The summed E-state index contributed by atoms with van der Waals surface area (Å²) < 4.78 is 5.67. The third kappa shape index (κ3) is 2.24. The molecule has 70 valence electrons. The van der Waals surface area contributed by atoms with Gasteiger partial charge in [0.1, 0.15) is 5.75 Å². The molecule has 0 unspecified atom stereocenters. The fraction of sp³-hybridized carbons (Fsp3) is 0.500. The van der Waals surface area contributed by atoms with Gasteiger partial charge in [0, 0.05) is 0 Å². The lowest BCUT2D eigenvalue weighted by molar-refractivity contribution is 0.299. The van der Waals surface area contributed by atoms with E-state index in [0.717, 1.165) is 18.3 Å². The minimum absolute atomic E-state index is 0.835. The van der Waals surface area contributed by atoms with Crippen molar-refractivity contribution in [2.24, 2.45) is 5.92 Å². The standard InChI is InChI=1S/C12H16O/c1-9-3-6-12(7-10(9)2)13-8-11-4-5-11/h3,6-7,11H,4-5,8H2,1-2H3. The van der Waals surface area contributed by atoms with Crippen molar-refractivity contribution in [3.8, 4) is 5.75 Å². The first-order chi connectivity index (χ1) is 6.25. The smallest absolute Gasteiger partial charge is 0.119 e.